The summed E-state index contributed by atoms with van der Waals surface area (Å²) in [5.41, 5.74) is 0. The zero-order valence-electron chi connectivity index (χ0n) is 14.0. The van der Waals surface area contributed by atoms with Crippen molar-refractivity contribution in [2.24, 2.45) is 17.8 Å². The molecule has 2 aliphatic rings. The van der Waals surface area contributed by atoms with Crippen molar-refractivity contribution in [3.8, 4) is 0 Å². The maximum Gasteiger partial charge on any atom is 0.309 e. The average molecular weight is 310 g/mol. The predicted molar refractivity (Wildman–Crippen MR) is 84.2 cm³/mol. The highest BCUT2D eigenvalue weighted by Gasteiger charge is 2.32. The van der Waals surface area contributed by atoms with Crippen LogP contribution in [0.2, 0.25) is 0 Å². The first-order valence-corrected chi connectivity index (χ1v) is 8.93. The fourth-order valence-corrected chi connectivity index (χ4v) is 3.37. The summed E-state index contributed by atoms with van der Waals surface area (Å²) in [6, 6.07) is 0. The standard InChI is InChI=1S/C18H30O4/c1-13(2)12-21-17(19)14-8-10-15(11-9-14)18(20)22-16-6-4-3-5-7-16/h13-16H,3-12H2,1-2H3. The summed E-state index contributed by atoms with van der Waals surface area (Å²) in [4.78, 5) is 24.2. The van der Waals surface area contributed by atoms with E-state index in [-0.39, 0.29) is 29.9 Å². The Labute approximate surface area is 133 Å². The Hall–Kier alpha value is -1.06. The van der Waals surface area contributed by atoms with Gasteiger partial charge in [-0.3, -0.25) is 9.59 Å². The Bertz CT molecular complexity index is 363. The SMILES string of the molecule is CC(C)COC(=O)C1CCC(C(=O)OC2CCCCC2)CC1. The van der Waals surface area contributed by atoms with Crippen molar-refractivity contribution < 1.29 is 19.1 Å². The molecule has 22 heavy (non-hydrogen) atoms. The van der Waals surface area contributed by atoms with E-state index in [1.54, 1.807) is 0 Å². The lowest BCUT2D eigenvalue weighted by Gasteiger charge is -2.28. The summed E-state index contributed by atoms with van der Waals surface area (Å²) < 4.78 is 11.0. The molecule has 0 radical (unpaired) electrons. The van der Waals surface area contributed by atoms with Crippen molar-refractivity contribution in [1.29, 1.82) is 0 Å². The molecule has 2 fully saturated rings. The largest absolute Gasteiger partial charge is 0.465 e. The van der Waals surface area contributed by atoms with E-state index in [9.17, 15) is 9.59 Å². The van der Waals surface area contributed by atoms with E-state index >= 15 is 0 Å². The molecule has 0 aliphatic heterocycles. The normalized spacial score (nSPS) is 26.7. The van der Waals surface area contributed by atoms with Crippen LogP contribution in [0.3, 0.4) is 0 Å². The minimum absolute atomic E-state index is 0.0175. The number of carbonyl (C=O) groups excluding carboxylic acids is 2. The highest BCUT2D eigenvalue weighted by Crippen LogP contribution is 2.31. The van der Waals surface area contributed by atoms with Gasteiger partial charge in [-0.1, -0.05) is 20.3 Å². The van der Waals surface area contributed by atoms with Crippen molar-refractivity contribution in [2.45, 2.75) is 77.7 Å². The van der Waals surface area contributed by atoms with E-state index < -0.39 is 0 Å². The first-order valence-electron chi connectivity index (χ1n) is 8.93. The molecule has 0 aromatic heterocycles. The molecule has 0 unspecified atom stereocenters. The number of hydrogen-bond acceptors (Lipinski definition) is 4. The van der Waals surface area contributed by atoms with Crippen molar-refractivity contribution >= 4 is 11.9 Å². The molecule has 2 aliphatic carbocycles. The van der Waals surface area contributed by atoms with Gasteiger partial charge in [-0.15, -0.1) is 0 Å². The second-order valence-electron chi connectivity index (χ2n) is 7.27. The van der Waals surface area contributed by atoms with Crippen LogP contribution in [0.25, 0.3) is 0 Å². The van der Waals surface area contributed by atoms with Gasteiger partial charge in [-0.2, -0.15) is 0 Å². The van der Waals surface area contributed by atoms with E-state index in [0.717, 1.165) is 38.5 Å². The van der Waals surface area contributed by atoms with E-state index in [2.05, 4.69) is 0 Å². The molecular formula is C18H30O4. The lowest BCUT2D eigenvalue weighted by atomic mass is 9.82. The van der Waals surface area contributed by atoms with Gasteiger partial charge in [-0.05, 0) is 57.3 Å². The van der Waals surface area contributed by atoms with Crippen molar-refractivity contribution in [2.75, 3.05) is 6.61 Å². The van der Waals surface area contributed by atoms with Crippen LogP contribution in [-0.2, 0) is 19.1 Å². The number of esters is 2. The molecule has 4 heteroatoms. The summed E-state index contributed by atoms with van der Waals surface area (Å²) in [6.07, 6.45) is 8.79. The van der Waals surface area contributed by atoms with Crippen LogP contribution in [-0.4, -0.2) is 24.6 Å². The minimum Gasteiger partial charge on any atom is -0.465 e. The maximum atomic E-state index is 12.2. The molecule has 2 rings (SSSR count). The van der Waals surface area contributed by atoms with E-state index in [4.69, 9.17) is 9.47 Å². The zero-order chi connectivity index (χ0) is 15.9. The molecule has 126 valence electrons. The Balaban J connectivity index is 1.69. The van der Waals surface area contributed by atoms with Gasteiger partial charge in [0.15, 0.2) is 0 Å². The van der Waals surface area contributed by atoms with Gasteiger partial charge in [0.1, 0.15) is 6.10 Å². The number of ether oxygens (including phenoxy) is 2. The van der Waals surface area contributed by atoms with Crippen LogP contribution in [0.5, 0.6) is 0 Å². The quantitative estimate of drug-likeness (QED) is 0.723. The van der Waals surface area contributed by atoms with E-state index in [0.29, 0.717) is 12.5 Å². The fourth-order valence-electron chi connectivity index (χ4n) is 3.37. The van der Waals surface area contributed by atoms with E-state index in [1.165, 1.54) is 19.3 Å². The van der Waals surface area contributed by atoms with Gasteiger partial charge in [0.2, 0.25) is 0 Å². The summed E-state index contributed by atoms with van der Waals surface area (Å²) in [7, 11) is 0. The van der Waals surface area contributed by atoms with Gasteiger partial charge < -0.3 is 9.47 Å². The summed E-state index contributed by atoms with van der Waals surface area (Å²) >= 11 is 0. The molecule has 4 nitrogen and oxygen atoms in total. The van der Waals surface area contributed by atoms with Crippen molar-refractivity contribution in [1.82, 2.24) is 0 Å². The second-order valence-corrected chi connectivity index (χ2v) is 7.27. The van der Waals surface area contributed by atoms with Crippen LogP contribution in [0.4, 0.5) is 0 Å². The summed E-state index contributed by atoms with van der Waals surface area (Å²) in [5.74, 6) is 0.188. The smallest absolute Gasteiger partial charge is 0.309 e. The van der Waals surface area contributed by atoms with Crippen LogP contribution in [0, 0.1) is 17.8 Å². The second kappa shape index (κ2) is 8.54. The van der Waals surface area contributed by atoms with Gasteiger partial charge in [0.05, 0.1) is 18.4 Å². The maximum absolute atomic E-state index is 12.2. The van der Waals surface area contributed by atoms with Crippen molar-refractivity contribution in [3.63, 3.8) is 0 Å². The van der Waals surface area contributed by atoms with Gasteiger partial charge in [-0.25, -0.2) is 0 Å². The Kier molecular flexibility index (Phi) is 6.71. The highest BCUT2D eigenvalue weighted by atomic mass is 16.5. The molecule has 0 bridgehead atoms. The molecule has 0 saturated heterocycles. The van der Waals surface area contributed by atoms with Crippen LogP contribution >= 0.6 is 0 Å². The molecule has 0 aromatic rings. The lowest BCUT2D eigenvalue weighted by molar-refractivity contribution is -0.160. The Morgan fingerprint density at radius 3 is 1.95 bits per heavy atom. The molecule has 0 atom stereocenters. The van der Waals surface area contributed by atoms with Gasteiger partial charge in [0.25, 0.3) is 0 Å². The average Bonchev–Trinajstić information content (AvgIpc) is 2.53. The van der Waals surface area contributed by atoms with E-state index in [1.807, 2.05) is 13.8 Å². The van der Waals surface area contributed by atoms with Gasteiger partial charge in [0, 0.05) is 0 Å². The zero-order valence-corrected chi connectivity index (χ0v) is 14.0. The fraction of sp³-hybridized carbons (Fsp3) is 0.889. The molecule has 0 N–H and O–H groups in total. The first-order chi connectivity index (χ1) is 10.6. The molecule has 0 amide bonds. The third kappa shape index (κ3) is 5.29. The number of carbonyl (C=O) groups is 2. The molecule has 0 heterocycles. The van der Waals surface area contributed by atoms with Gasteiger partial charge >= 0.3 is 11.9 Å². The lowest BCUT2D eigenvalue weighted by Crippen LogP contribution is -2.31. The predicted octanol–water partition coefficient (Wildman–Crippen LogP) is 3.87. The highest BCUT2D eigenvalue weighted by molar-refractivity contribution is 5.75. The first kappa shape index (κ1) is 17.3. The molecular weight excluding hydrogens is 280 g/mol. The summed E-state index contributed by atoms with van der Waals surface area (Å²) in [5, 5.41) is 0. The molecule has 0 spiro atoms. The number of rotatable bonds is 5. The summed E-state index contributed by atoms with van der Waals surface area (Å²) in [6.45, 7) is 4.55. The minimum atomic E-state index is -0.0900. The van der Waals surface area contributed by atoms with Crippen LogP contribution < -0.4 is 0 Å². The number of hydrogen-bond donors (Lipinski definition) is 0. The Morgan fingerprint density at radius 1 is 0.864 bits per heavy atom. The van der Waals surface area contributed by atoms with Crippen molar-refractivity contribution in [3.05, 3.63) is 0 Å². The topological polar surface area (TPSA) is 52.6 Å². The monoisotopic (exact) mass is 310 g/mol. The van der Waals surface area contributed by atoms with Crippen LogP contribution in [0.15, 0.2) is 0 Å². The molecule has 2 saturated carbocycles. The molecule has 0 aromatic carbocycles. The third-order valence-electron chi connectivity index (χ3n) is 4.79. The Morgan fingerprint density at radius 2 is 1.41 bits per heavy atom. The van der Waals surface area contributed by atoms with Crippen LogP contribution in [0.1, 0.15) is 71.6 Å². The third-order valence-corrected chi connectivity index (χ3v) is 4.79.